The molecular weight excluding hydrogens is 236 g/mol. The molecule has 1 aromatic carbocycles. The van der Waals surface area contributed by atoms with Gasteiger partial charge >= 0.3 is 0 Å². The lowest BCUT2D eigenvalue weighted by Crippen LogP contribution is -2.30. The molecule has 0 amide bonds. The monoisotopic (exact) mass is 262 g/mol. The largest absolute Gasteiger partial charge is 0.386 e. The molecule has 1 aliphatic rings. The predicted octanol–water partition coefficient (Wildman–Crippen LogP) is 4.05. The van der Waals surface area contributed by atoms with Crippen LogP contribution in [0.5, 0.6) is 0 Å². The number of hydrogen-bond donors (Lipinski definition) is 1. The van der Waals surface area contributed by atoms with Crippen LogP contribution in [0, 0.1) is 5.92 Å². The van der Waals surface area contributed by atoms with E-state index in [1.54, 1.807) is 0 Å². The van der Waals surface area contributed by atoms with Gasteiger partial charge in [-0.25, -0.2) is 0 Å². The molecule has 19 heavy (non-hydrogen) atoms. The van der Waals surface area contributed by atoms with Gasteiger partial charge < -0.3 is 9.84 Å². The molecule has 1 aliphatic carbocycles. The Hall–Kier alpha value is -0.860. The zero-order valence-corrected chi connectivity index (χ0v) is 12.3. The summed E-state index contributed by atoms with van der Waals surface area (Å²) in [6.45, 7) is 7.44. The highest BCUT2D eigenvalue weighted by Gasteiger charge is 2.32. The third-order valence-corrected chi connectivity index (χ3v) is 4.04. The van der Waals surface area contributed by atoms with Crippen LogP contribution < -0.4 is 0 Å². The van der Waals surface area contributed by atoms with Crippen molar-refractivity contribution in [3.8, 4) is 0 Å². The Morgan fingerprint density at radius 1 is 1.26 bits per heavy atom. The number of rotatable bonds is 5. The molecule has 0 saturated heterocycles. The first-order valence-corrected chi connectivity index (χ1v) is 7.48. The van der Waals surface area contributed by atoms with E-state index in [4.69, 9.17) is 4.74 Å². The third kappa shape index (κ3) is 3.58. The molecule has 1 N–H and O–H groups in total. The Balaban J connectivity index is 1.94. The SMILES string of the molecule is CC(C)CCCOC1CC(C)c2ccccc2C1O. The number of benzene rings is 1. The Morgan fingerprint density at radius 3 is 2.63 bits per heavy atom. The molecule has 3 unspecified atom stereocenters. The topological polar surface area (TPSA) is 29.5 Å². The van der Waals surface area contributed by atoms with Crippen molar-refractivity contribution in [2.24, 2.45) is 5.92 Å². The van der Waals surface area contributed by atoms with Gasteiger partial charge in [0.05, 0.1) is 6.10 Å². The molecule has 0 fully saturated rings. The van der Waals surface area contributed by atoms with Crippen LogP contribution in [0.15, 0.2) is 24.3 Å². The average molecular weight is 262 g/mol. The van der Waals surface area contributed by atoms with Crippen molar-refractivity contribution in [1.29, 1.82) is 0 Å². The van der Waals surface area contributed by atoms with Crippen LogP contribution in [0.1, 0.15) is 63.2 Å². The summed E-state index contributed by atoms with van der Waals surface area (Å²) in [5.74, 6) is 1.19. The van der Waals surface area contributed by atoms with Crippen molar-refractivity contribution >= 4 is 0 Å². The van der Waals surface area contributed by atoms with Crippen molar-refractivity contribution < 1.29 is 9.84 Å². The van der Waals surface area contributed by atoms with Gasteiger partial charge in [0.15, 0.2) is 0 Å². The third-order valence-electron chi connectivity index (χ3n) is 4.04. The molecule has 0 aromatic heterocycles. The summed E-state index contributed by atoms with van der Waals surface area (Å²) < 4.78 is 5.92. The molecule has 106 valence electrons. The Labute approximate surface area is 116 Å². The summed E-state index contributed by atoms with van der Waals surface area (Å²) >= 11 is 0. The first-order chi connectivity index (χ1) is 9.09. The van der Waals surface area contributed by atoms with E-state index in [0.717, 1.165) is 30.9 Å². The van der Waals surface area contributed by atoms with E-state index in [-0.39, 0.29) is 6.10 Å². The highest BCUT2D eigenvalue weighted by atomic mass is 16.5. The van der Waals surface area contributed by atoms with E-state index < -0.39 is 6.10 Å². The smallest absolute Gasteiger partial charge is 0.105 e. The van der Waals surface area contributed by atoms with E-state index in [2.05, 4.69) is 26.8 Å². The molecule has 0 spiro atoms. The van der Waals surface area contributed by atoms with Gasteiger partial charge in [-0.2, -0.15) is 0 Å². The minimum Gasteiger partial charge on any atom is -0.386 e. The van der Waals surface area contributed by atoms with Gasteiger partial charge in [0.25, 0.3) is 0 Å². The fourth-order valence-electron chi connectivity index (χ4n) is 2.92. The van der Waals surface area contributed by atoms with Crippen LogP contribution in [0.4, 0.5) is 0 Å². The second-order valence-corrected chi connectivity index (χ2v) is 6.16. The Morgan fingerprint density at radius 2 is 1.95 bits per heavy atom. The first kappa shape index (κ1) is 14.5. The summed E-state index contributed by atoms with van der Waals surface area (Å²) in [5.41, 5.74) is 2.33. The fourth-order valence-corrected chi connectivity index (χ4v) is 2.92. The van der Waals surface area contributed by atoms with Crippen molar-refractivity contribution in [3.63, 3.8) is 0 Å². The minimum atomic E-state index is -0.466. The molecule has 2 rings (SSSR count). The van der Waals surface area contributed by atoms with E-state index in [0.29, 0.717) is 5.92 Å². The van der Waals surface area contributed by atoms with Crippen molar-refractivity contribution in [2.45, 2.75) is 58.2 Å². The van der Waals surface area contributed by atoms with Crippen molar-refractivity contribution in [1.82, 2.24) is 0 Å². The fraction of sp³-hybridized carbons (Fsp3) is 0.647. The molecule has 2 heteroatoms. The van der Waals surface area contributed by atoms with Gasteiger partial charge in [0.1, 0.15) is 6.10 Å². The maximum absolute atomic E-state index is 10.4. The van der Waals surface area contributed by atoms with Crippen LogP contribution in [0.3, 0.4) is 0 Å². The van der Waals surface area contributed by atoms with E-state index in [1.165, 1.54) is 12.0 Å². The van der Waals surface area contributed by atoms with Gasteiger partial charge in [0.2, 0.25) is 0 Å². The predicted molar refractivity (Wildman–Crippen MR) is 78.2 cm³/mol. The van der Waals surface area contributed by atoms with E-state index in [9.17, 15) is 5.11 Å². The van der Waals surface area contributed by atoms with E-state index in [1.807, 2.05) is 18.2 Å². The van der Waals surface area contributed by atoms with Crippen molar-refractivity contribution in [2.75, 3.05) is 6.61 Å². The molecule has 0 heterocycles. The van der Waals surface area contributed by atoms with Crippen LogP contribution in [0.2, 0.25) is 0 Å². The molecule has 0 saturated carbocycles. The number of ether oxygens (including phenoxy) is 1. The zero-order chi connectivity index (χ0) is 13.8. The lowest BCUT2D eigenvalue weighted by atomic mass is 9.80. The zero-order valence-electron chi connectivity index (χ0n) is 12.3. The lowest BCUT2D eigenvalue weighted by molar-refractivity contribution is -0.0536. The first-order valence-electron chi connectivity index (χ1n) is 7.48. The molecule has 0 aliphatic heterocycles. The van der Waals surface area contributed by atoms with Crippen LogP contribution in [-0.2, 0) is 4.74 Å². The number of fused-ring (bicyclic) bond motifs is 1. The van der Waals surface area contributed by atoms with E-state index >= 15 is 0 Å². The molecular formula is C17H26O2. The Bertz CT molecular complexity index is 400. The molecule has 0 bridgehead atoms. The Kier molecular flexibility index (Phi) is 5.00. The van der Waals surface area contributed by atoms with Gasteiger partial charge in [0, 0.05) is 6.61 Å². The normalized spacial score (nSPS) is 26.5. The number of hydrogen-bond acceptors (Lipinski definition) is 2. The lowest BCUT2D eigenvalue weighted by Gasteiger charge is -2.34. The standard InChI is InChI=1S/C17H26O2/c1-12(2)7-6-10-19-16-11-13(3)14-8-4-5-9-15(14)17(16)18/h4-5,8-9,12-13,16-18H,6-7,10-11H2,1-3H3. The quantitative estimate of drug-likeness (QED) is 0.811. The number of aliphatic hydroxyl groups is 1. The minimum absolute atomic E-state index is 0.0444. The average Bonchev–Trinajstić information content (AvgIpc) is 2.40. The van der Waals surface area contributed by atoms with Gasteiger partial charge in [-0.05, 0) is 42.2 Å². The van der Waals surface area contributed by atoms with Gasteiger partial charge in [-0.3, -0.25) is 0 Å². The summed E-state index contributed by atoms with van der Waals surface area (Å²) in [4.78, 5) is 0. The summed E-state index contributed by atoms with van der Waals surface area (Å²) in [6.07, 6.45) is 2.68. The van der Waals surface area contributed by atoms with Gasteiger partial charge in [-0.1, -0.05) is 45.0 Å². The number of aliphatic hydroxyl groups excluding tert-OH is 1. The van der Waals surface area contributed by atoms with Crippen LogP contribution >= 0.6 is 0 Å². The highest BCUT2D eigenvalue weighted by Crippen LogP contribution is 2.38. The molecule has 0 radical (unpaired) electrons. The highest BCUT2D eigenvalue weighted by molar-refractivity contribution is 5.35. The second kappa shape index (κ2) is 6.53. The molecule has 1 aromatic rings. The van der Waals surface area contributed by atoms with Crippen LogP contribution in [-0.4, -0.2) is 17.8 Å². The molecule has 2 nitrogen and oxygen atoms in total. The summed E-state index contributed by atoms with van der Waals surface area (Å²) in [7, 11) is 0. The van der Waals surface area contributed by atoms with Crippen LogP contribution in [0.25, 0.3) is 0 Å². The van der Waals surface area contributed by atoms with Crippen molar-refractivity contribution in [3.05, 3.63) is 35.4 Å². The maximum Gasteiger partial charge on any atom is 0.105 e. The summed E-state index contributed by atoms with van der Waals surface area (Å²) in [5, 5.41) is 10.4. The molecule has 3 atom stereocenters. The second-order valence-electron chi connectivity index (χ2n) is 6.16. The maximum atomic E-state index is 10.4. The van der Waals surface area contributed by atoms with Gasteiger partial charge in [-0.15, -0.1) is 0 Å². The summed E-state index contributed by atoms with van der Waals surface area (Å²) in [6, 6.07) is 8.19.